The smallest absolute Gasteiger partial charge is 0.294 e. The molecule has 0 aliphatic carbocycles. The minimum absolute atomic E-state index is 0.198. The Balaban J connectivity index is 2.42. The van der Waals surface area contributed by atoms with Crippen molar-refractivity contribution in [2.75, 3.05) is 7.11 Å². The maximum absolute atomic E-state index is 11.7. The standard InChI is InChI=1S/C10H14N4O2/c1-6(2)4-10-7(11-5-12-10)8(15)13-9(14-10)16-3/h5-6H,4H2,1-3H3,(H,13,14,15). The predicted molar refractivity (Wildman–Crippen MR) is 60.7 cm³/mol. The van der Waals surface area contributed by atoms with Crippen LogP contribution >= 0.6 is 0 Å². The lowest BCUT2D eigenvalue weighted by molar-refractivity contribution is -0.114. The van der Waals surface area contributed by atoms with Crippen LogP contribution in [0.3, 0.4) is 0 Å². The van der Waals surface area contributed by atoms with Gasteiger partial charge in [-0.3, -0.25) is 10.1 Å². The van der Waals surface area contributed by atoms with Crippen LogP contribution in [0.4, 0.5) is 0 Å². The van der Waals surface area contributed by atoms with E-state index in [4.69, 9.17) is 4.74 Å². The van der Waals surface area contributed by atoms with Gasteiger partial charge in [0.05, 0.1) is 7.11 Å². The molecule has 0 aromatic carbocycles. The second-order valence-electron chi connectivity index (χ2n) is 4.21. The van der Waals surface area contributed by atoms with Gasteiger partial charge in [0, 0.05) is 6.42 Å². The Bertz CT molecular complexity index is 411. The van der Waals surface area contributed by atoms with Crippen LogP contribution in [0.5, 0.6) is 0 Å². The predicted octanol–water partition coefficient (Wildman–Crippen LogP) is 0.344. The van der Waals surface area contributed by atoms with Crippen molar-refractivity contribution in [2.45, 2.75) is 25.9 Å². The lowest BCUT2D eigenvalue weighted by atomic mass is 9.92. The van der Waals surface area contributed by atoms with Crippen molar-refractivity contribution in [3.63, 3.8) is 0 Å². The molecule has 16 heavy (non-hydrogen) atoms. The Kier molecular flexibility index (Phi) is 2.49. The maximum Gasteiger partial charge on any atom is 0.294 e. The Hall–Kier alpha value is -1.72. The minimum atomic E-state index is -0.873. The summed E-state index contributed by atoms with van der Waals surface area (Å²) >= 11 is 0. The van der Waals surface area contributed by atoms with Crippen molar-refractivity contribution in [3.05, 3.63) is 0 Å². The van der Waals surface area contributed by atoms with Crippen molar-refractivity contribution < 1.29 is 9.53 Å². The fraction of sp³-hybridized carbons (Fsp3) is 0.600. The van der Waals surface area contributed by atoms with E-state index in [9.17, 15) is 4.79 Å². The molecule has 1 amide bonds. The number of ether oxygens (including phenoxy) is 1. The van der Waals surface area contributed by atoms with Crippen molar-refractivity contribution in [1.82, 2.24) is 5.32 Å². The number of aliphatic imine (C=N–C) groups is 3. The zero-order valence-electron chi connectivity index (χ0n) is 9.52. The largest absolute Gasteiger partial charge is 0.468 e. The van der Waals surface area contributed by atoms with E-state index in [0.29, 0.717) is 18.1 Å². The maximum atomic E-state index is 11.7. The molecule has 6 heteroatoms. The quantitative estimate of drug-likeness (QED) is 0.731. The van der Waals surface area contributed by atoms with Crippen molar-refractivity contribution in [2.24, 2.45) is 20.9 Å². The molecule has 0 bridgehead atoms. The van der Waals surface area contributed by atoms with Gasteiger partial charge in [-0.1, -0.05) is 13.8 Å². The van der Waals surface area contributed by atoms with Crippen LogP contribution < -0.4 is 5.32 Å². The second kappa shape index (κ2) is 3.70. The summed E-state index contributed by atoms with van der Waals surface area (Å²) in [5.74, 6) is 0.0678. The van der Waals surface area contributed by atoms with Gasteiger partial charge in [0.25, 0.3) is 11.9 Å². The third-order valence-electron chi connectivity index (χ3n) is 2.45. The summed E-state index contributed by atoms with van der Waals surface area (Å²) in [5.41, 5.74) is -0.524. The Labute approximate surface area is 93.5 Å². The van der Waals surface area contributed by atoms with Gasteiger partial charge in [0.15, 0.2) is 5.71 Å². The van der Waals surface area contributed by atoms with Gasteiger partial charge in [0.1, 0.15) is 6.34 Å². The molecule has 0 fully saturated rings. The normalized spacial score (nSPS) is 27.4. The van der Waals surface area contributed by atoms with Crippen molar-refractivity contribution in [1.29, 1.82) is 0 Å². The van der Waals surface area contributed by atoms with Gasteiger partial charge in [-0.25, -0.2) is 9.98 Å². The monoisotopic (exact) mass is 222 g/mol. The van der Waals surface area contributed by atoms with Gasteiger partial charge in [-0.05, 0) is 5.92 Å². The molecule has 0 saturated heterocycles. The molecule has 1 N–H and O–H groups in total. The Morgan fingerprint density at radius 1 is 1.56 bits per heavy atom. The summed E-state index contributed by atoms with van der Waals surface area (Å²) in [6.45, 7) is 4.10. The van der Waals surface area contributed by atoms with Crippen molar-refractivity contribution >= 4 is 24.0 Å². The number of fused-ring (bicyclic) bond motifs is 1. The molecule has 86 valence electrons. The number of amides is 1. The number of carbonyl (C=O) groups is 1. The van der Waals surface area contributed by atoms with E-state index in [1.54, 1.807) is 0 Å². The van der Waals surface area contributed by atoms with Crippen LogP contribution in [-0.4, -0.2) is 36.8 Å². The molecule has 0 aromatic heterocycles. The number of hydrogen-bond donors (Lipinski definition) is 1. The van der Waals surface area contributed by atoms with E-state index < -0.39 is 5.66 Å². The SMILES string of the molecule is COC1=NC2(CC(C)C)N=CN=C2C(=O)N1. The molecule has 2 rings (SSSR count). The number of nitrogens with one attached hydrogen (secondary N) is 1. The number of amidine groups is 1. The van der Waals surface area contributed by atoms with E-state index in [1.807, 2.05) is 0 Å². The molecule has 1 unspecified atom stereocenters. The summed E-state index contributed by atoms with van der Waals surface area (Å²) < 4.78 is 4.97. The first kappa shape index (κ1) is 10.8. The van der Waals surface area contributed by atoms with Crippen LogP contribution in [0.25, 0.3) is 0 Å². The molecule has 0 spiro atoms. The Morgan fingerprint density at radius 2 is 2.31 bits per heavy atom. The first-order valence-corrected chi connectivity index (χ1v) is 5.14. The number of methoxy groups -OCH3 is 1. The fourth-order valence-corrected chi connectivity index (χ4v) is 1.88. The van der Waals surface area contributed by atoms with Crippen molar-refractivity contribution in [3.8, 4) is 0 Å². The lowest BCUT2D eigenvalue weighted by Crippen LogP contribution is -2.52. The third-order valence-corrected chi connectivity index (χ3v) is 2.45. The van der Waals surface area contributed by atoms with Crippen LogP contribution in [0.15, 0.2) is 15.0 Å². The van der Waals surface area contributed by atoms with E-state index in [-0.39, 0.29) is 11.9 Å². The summed E-state index contributed by atoms with van der Waals surface area (Å²) in [4.78, 5) is 24.3. The summed E-state index contributed by atoms with van der Waals surface area (Å²) in [7, 11) is 1.46. The molecule has 2 aliphatic rings. The van der Waals surface area contributed by atoms with Gasteiger partial charge in [0.2, 0.25) is 5.66 Å². The average molecular weight is 222 g/mol. The highest BCUT2D eigenvalue weighted by Crippen LogP contribution is 2.30. The first-order valence-electron chi connectivity index (χ1n) is 5.14. The van der Waals surface area contributed by atoms with Crippen LogP contribution in [-0.2, 0) is 9.53 Å². The lowest BCUT2D eigenvalue weighted by Gasteiger charge is -2.29. The highest BCUT2D eigenvalue weighted by Gasteiger charge is 2.46. The van der Waals surface area contributed by atoms with E-state index in [0.717, 1.165) is 0 Å². The first-order chi connectivity index (χ1) is 7.57. The highest BCUT2D eigenvalue weighted by atomic mass is 16.5. The molecule has 0 aromatic rings. The fourth-order valence-electron chi connectivity index (χ4n) is 1.88. The highest BCUT2D eigenvalue weighted by molar-refractivity contribution is 6.47. The summed E-state index contributed by atoms with van der Waals surface area (Å²) in [6.07, 6.45) is 2.03. The van der Waals surface area contributed by atoms with Crippen LogP contribution in [0, 0.1) is 5.92 Å². The molecular weight excluding hydrogens is 208 g/mol. The van der Waals surface area contributed by atoms with Gasteiger partial charge in [-0.2, -0.15) is 4.99 Å². The van der Waals surface area contributed by atoms with E-state index in [2.05, 4.69) is 34.1 Å². The van der Waals surface area contributed by atoms with E-state index in [1.165, 1.54) is 13.4 Å². The topological polar surface area (TPSA) is 75.4 Å². The average Bonchev–Trinajstić information content (AvgIpc) is 2.60. The second-order valence-corrected chi connectivity index (χ2v) is 4.21. The molecule has 1 atom stereocenters. The number of rotatable bonds is 2. The third kappa shape index (κ3) is 1.60. The van der Waals surface area contributed by atoms with E-state index >= 15 is 0 Å². The molecule has 6 nitrogen and oxygen atoms in total. The number of hydrogen-bond acceptors (Lipinski definition) is 5. The summed E-state index contributed by atoms with van der Waals surface area (Å²) in [6, 6.07) is 0.198. The van der Waals surface area contributed by atoms with Crippen LogP contribution in [0.1, 0.15) is 20.3 Å². The molecule has 2 heterocycles. The van der Waals surface area contributed by atoms with Gasteiger partial charge >= 0.3 is 0 Å². The zero-order chi connectivity index (χ0) is 11.8. The number of nitrogens with zero attached hydrogens (tertiary/aromatic N) is 3. The Morgan fingerprint density at radius 3 is 2.94 bits per heavy atom. The molecule has 0 saturated carbocycles. The van der Waals surface area contributed by atoms with Crippen LogP contribution in [0.2, 0.25) is 0 Å². The number of carbonyl (C=O) groups excluding carboxylic acids is 1. The zero-order valence-corrected chi connectivity index (χ0v) is 9.52. The van der Waals surface area contributed by atoms with Gasteiger partial charge < -0.3 is 4.74 Å². The molecular formula is C10H14N4O2. The minimum Gasteiger partial charge on any atom is -0.468 e. The molecule has 0 radical (unpaired) electrons. The molecule has 2 aliphatic heterocycles. The van der Waals surface area contributed by atoms with Gasteiger partial charge in [-0.15, -0.1) is 0 Å². The summed E-state index contributed by atoms with van der Waals surface area (Å²) in [5, 5.41) is 2.51.